The van der Waals surface area contributed by atoms with Crippen LogP contribution in [-0.2, 0) is 6.54 Å². The van der Waals surface area contributed by atoms with Crippen LogP contribution in [0.15, 0.2) is 45.3 Å². The summed E-state index contributed by atoms with van der Waals surface area (Å²) in [4.78, 5) is 0. The lowest BCUT2D eigenvalue weighted by atomic mass is 10.2. The van der Waals surface area contributed by atoms with Crippen LogP contribution in [0, 0.1) is 11.3 Å². The highest BCUT2D eigenvalue weighted by molar-refractivity contribution is 9.10. The maximum atomic E-state index is 8.44. The van der Waals surface area contributed by atoms with E-state index in [0.717, 1.165) is 47.5 Å². The lowest BCUT2D eigenvalue weighted by Crippen LogP contribution is -2.13. The Hall–Kier alpha value is -1.57. The van der Waals surface area contributed by atoms with Crippen LogP contribution < -0.4 is 5.32 Å². The molecule has 0 unspecified atom stereocenters. The molecule has 0 amide bonds. The maximum Gasteiger partial charge on any atom is 0.134 e. The summed E-state index contributed by atoms with van der Waals surface area (Å²) in [5.41, 5.74) is 1.07. The molecule has 0 saturated carbocycles. The van der Waals surface area contributed by atoms with Gasteiger partial charge in [-0.05, 0) is 43.7 Å². The van der Waals surface area contributed by atoms with Crippen molar-refractivity contribution in [3.05, 3.63) is 46.6 Å². The van der Waals surface area contributed by atoms with Crippen LogP contribution >= 0.6 is 15.9 Å². The lowest BCUT2D eigenvalue weighted by molar-refractivity contribution is 0.489. The second kappa shape index (κ2) is 7.88. The number of rotatable bonds is 7. The topological polar surface area (TPSA) is 49.0 Å². The minimum absolute atomic E-state index is 0.634. The number of unbranched alkanes of at least 4 members (excludes halogenated alkanes) is 2. The van der Waals surface area contributed by atoms with E-state index in [1.54, 1.807) is 0 Å². The zero-order chi connectivity index (χ0) is 14.2. The number of nitrogens with one attached hydrogen (secondary N) is 1. The molecular formula is C16H17BrN2O. The number of benzene rings is 1. The third kappa shape index (κ3) is 4.52. The van der Waals surface area contributed by atoms with Crippen molar-refractivity contribution in [1.82, 2.24) is 5.32 Å². The second-order valence-electron chi connectivity index (χ2n) is 4.57. The monoisotopic (exact) mass is 332 g/mol. The zero-order valence-electron chi connectivity index (χ0n) is 11.2. The minimum Gasteiger partial charge on any atom is -0.460 e. The molecule has 0 fully saturated rings. The Morgan fingerprint density at radius 2 is 2.10 bits per heavy atom. The quantitative estimate of drug-likeness (QED) is 0.760. The number of nitrogens with zero attached hydrogens (tertiary/aromatic N) is 1. The van der Waals surface area contributed by atoms with Gasteiger partial charge in [-0.2, -0.15) is 5.26 Å². The van der Waals surface area contributed by atoms with Crippen molar-refractivity contribution in [1.29, 1.82) is 5.26 Å². The highest BCUT2D eigenvalue weighted by atomic mass is 79.9. The first-order valence-corrected chi connectivity index (χ1v) is 7.51. The van der Waals surface area contributed by atoms with Gasteiger partial charge in [-0.15, -0.1) is 0 Å². The Morgan fingerprint density at radius 1 is 1.20 bits per heavy atom. The summed E-state index contributed by atoms with van der Waals surface area (Å²) in [6.45, 7) is 1.63. The summed E-state index contributed by atoms with van der Waals surface area (Å²) in [6.07, 6.45) is 2.60. The standard InChI is InChI=1S/C16H17BrN2O/c17-14-6-4-5-13(11-14)16-8-7-15(20-16)12-19-10-3-1-2-9-18/h4-8,11,19H,1-3,10,12H2. The molecule has 0 aliphatic rings. The van der Waals surface area contributed by atoms with Gasteiger partial charge in [0.25, 0.3) is 0 Å². The van der Waals surface area contributed by atoms with E-state index >= 15 is 0 Å². The van der Waals surface area contributed by atoms with E-state index in [1.165, 1.54) is 0 Å². The molecule has 0 aliphatic heterocycles. The largest absolute Gasteiger partial charge is 0.460 e. The Morgan fingerprint density at radius 3 is 2.90 bits per heavy atom. The van der Waals surface area contributed by atoms with Gasteiger partial charge in [0, 0.05) is 16.5 Å². The predicted octanol–water partition coefficient (Wildman–Crippen LogP) is 4.49. The van der Waals surface area contributed by atoms with Gasteiger partial charge in [0.15, 0.2) is 0 Å². The lowest BCUT2D eigenvalue weighted by Gasteiger charge is -2.01. The number of halogens is 1. The molecule has 2 rings (SSSR count). The molecule has 104 valence electrons. The fourth-order valence-corrected chi connectivity index (χ4v) is 2.33. The van der Waals surface area contributed by atoms with Gasteiger partial charge >= 0.3 is 0 Å². The van der Waals surface area contributed by atoms with Crippen molar-refractivity contribution in [3.63, 3.8) is 0 Å². The van der Waals surface area contributed by atoms with Crippen LogP contribution in [0.2, 0.25) is 0 Å². The van der Waals surface area contributed by atoms with Crippen LogP contribution in [0.25, 0.3) is 11.3 Å². The number of hydrogen-bond donors (Lipinski definition) is 1. The Bertz CT molecular complexity index is 586. The highest BCUT2D eigenvalue weighted by Crippen LogP contribution is 2.24. The maximum absolute atomic E-state index is 8.44. The smallest absolute Gasteiger partial charge is 0.134 e. The van der Waals surface area contributed by atoms with E-state index in [0.29, 0.717) is 6.42 Å². The Labute approximate surface area is 127 Å². The fraction of sp³-hybridized carbons (Fsp3) is 0.312. The third-order valence-electron chi connectivity index (χ3n) is 2.96. The molecular weight excluding hydrogens is 316 g/mol. The van der Waals surface area contributed by atoms with Gasteiger partial charge in [0.05, 0.1) is 12.6 Å². The van der Waals surface area contributed by atoms with Gasteiger partial charge in [0.1, 0.15) is 11.5 Å². The summed E-state index contributed by atoms with van der Waals surface area (Å²) >= 11 is 3.46. The van der Waals surface area contributed by atoms with E-state index in [9.17, 15) is 0 Å². The average molecular weight is 333 g/mol. The van der Waals surface area contributed by atoms with Gasteiger partial charge in [-0.1, -0.05) is 28.1 Å². The summed E-state index contributed by atoms with van der Waals surface area (Å²) < 4.78 is 6.86. The number of furan rings is 1. The molecule has 0 spiro atoms. The molecule has 0 atom stereocenters. The van der Waals surface area contributed by atoms with Crippen molar-refractivity contribution >= 4 is 15.9 Å². The van der Waals surface area contributed by atoms with E-state index in [4.69, 9.17) is 9.68 Å². The SMILES string of the molecule is N#CCCCCNCc1ccc(-c2cccc(Br)c2)o1. The fourth-order valence-electron chi connectivity index (χ4n) is 1.94. The predicted molar refractivity (Wildman–Crippen MR) is 83.0 cm³/mol. The summed E-state index contributed by atoms with van der Waals surface area (Å²) in [7, 11) is 0. The molecule has 0 aliphatic carbocycles. The van der Waals surface area contributed by atoms with Gasteiger partial charge in [-0.3, -0.25) is 0 Å². The average Bonchev–Trinajstić information content (AvgIpc) is 2.91. The van der Waals surface area contributed by atoms with Crippen LogP contribution in [0.1, 0.15) is 25.0 Å². The second-order valence-corrected chi connectivity index (χ2v) is 5.48. The molecule has 2 aromatic rings. The number of hydrogen-bond acceptors (Lipinski definition) is 3. The molecule has 3 nitrogen and oxygen atoms in total. The van der Waals surface area contributed by atoms with Crippen molar-refractivity contribution < 1.29 is 4.42 Å². The first-order valence-electron chi connectivity index (χ1n) is 6.72. The van der Waals surface area contributed by atoms with Crippen molar-refractivity contribution in [2.24, 2.45) is 0 Å². The summed E-state index contributed by atoms with van der Waals surface area (Å²) in [6, 6.07) is 14.2. The molecule has 20 heavy (non-hydrogen) atoms. The third-order valence-corrected chi connectivity index (χ3v) is 3.46. The molecule has 1 aromatic heterocycles. The van der Waals surface area contributed by atoms with Gasteiger partial charge in [-0.25, -0.2) is 0 Å². The van der Waals surface area contributed by atoms with Crippen molar-refractivity contribution in [3.8, 4) is 17.4 Å². The number of nitriles is 1. The normalized spacial score (nSPS) is 10.4. The van der Waals surface area contributed by atoms with E-state index in [-0.39, 0.29) is 0 Å². The summed E-state index contributed by atoms with van der Waals surface area (Å²) in [5, 5.41) is 11.8. The van der Waals surface area contributed by atoms with E-state index in [1.807, 2.05) is 36.4 Å². The van der Waals surface area contributed by atoms with Gasteiger partial charge in [0.2, 0.25) is 0 Å². The van der Waals surface area contributed by atoms with Crippen LogP contribution in [0.4, 0.5) is 0 Å². The highest BCUT2D eigenvalue weighted by Gasteiger charge is 2.04. The van der Waals surface area contributed by atoms with Gasteiger partial charge < -0.3 is 9.73 Å². The summed E-state index contributed by atoms with van der Waals surface area (Å²) in [5.74, 6) is 1.81. The molecule has 1 aromatic carbocycles. The van der Waals surface area contributed by atoms with E-state index < -0.39 is 0 Å². The van der Waals surface area contributed by atoms with Crippen LogP contribution in [0.5, 0.6) is 0 Å². The van der Waals surface area contributed by atoms with Crippen LogP contribution in [-0.4, -0.2) is 6.54 Å². The molecule has 0 bridgehead atoms. The molecule has 0 radical (unpaired) electrons. The van der Waals surface area contributed by atoms with E-state index in [2.05, 4.69) is 27.3 Å². The minimum atomic E-state index is 0.634. The first-order chi connectivity index (χ1) is 9.79. The molecule has 1 heterocycles. The molecule has 1 N–H and O–H groups in total. The molecule has 4 heteroatoms. The molecule has 0 saturated heterocycles. The Kier molecular flexibility index (Phi) is 5.85. The Balaban J connectivity index is 1.82. The first kappa shape index (κ1) is 14.8. The van der Waals surface area contributed by atoms with Crippen molar-refractivity contribution in [2.75, 3.05) is 6.54 Å². The van der Waals surface area contributed by atoms with Crippen LogP contribution in [0.3, 0.4) is 0 Å². The zero-order valence-corrected chi connectivity index (χ0v) is 12.8. The van der Waals surface area contributed by atoms with Crippen molar-refractivity contribution in [2.45, 2.75) is 25.8 Å².